The average Bonchev–Trinajstić information content (AvgIpc) is 3.36. The molecule has 0 aliphatic heterocycles. The van der Waals surface area contributed by atoms with E-state index >= 15 is 0 Å². The molecule has 5 aromatic rings. The number of hydrogen-bond donors (Lipinski definition) is 1. The third kappa shape index (κ3) is 5.50. The number of hydrogen-bond acceptors (Lipinski definition) is 6. The standard InChI is InChI=1S/C32H28N4O2S2/c1-21-11-17-25(18-12-21)36-31(38)29-26-9-5-6-10-27(26)40-30(29)34-32(36)39-20-28(37)35-33-19-22-13-15-24(16-14-22)23-7-3-2-4-8-23/h2-4,7-8,11-19H,5-6,9-10,20H2,1H3,(H,35,37)/b33-19-. The van der Waals surface area contributed by atoms with Crippen molar-refractivity contribution >= 4 is 45.4 Å². The van der Waals surface area contributed by atoms with Gasteiger partial charge in [-0.1, -0.05) is 84.1 Å². The van der Waals surface area contributed by atoms with Gasteiger partial charge in [0.05, 0.1) is 23.0 Å². The fourth-order valence-electron chi connectivity index (χ4n) is 4.94. The highest BCUT2D eigenvalue weighted by Gasteiger charge is 2.23. The first-order valence-electron chi connectivity index (χ1n) is 13.3. The lowest BCUT2D eigenvalue weighted by Gasteiger charge is -2.13. The van der Waals surface area contributed by atoms with Crippen LogP contribution in [-0.2, 0) is 17.6 Å². The van der Waals surface area contributed by atoms with Gasteiger partial charge in [0.1, 0.15) is 4.83 Å². The van der Waals surface area contributed by atoms with Gasteiger partial charge in [-0.15, -0.1) is 11.3 Å². The predicted octanol–water partition coefficient (Wildman–Crippen LogP) is 6.54. The number of thiophene rings is 1. The van der Waals surface area contributed by atoms with Crippen molar-refractivity contribution in [3.63, 3.8) is 0 Å². The molecule has 1 N–H and O–H groups in total. The van der Waals surface area contributed by atoms with E-state index in [1.54, 1.807) is 22.1 Å². The lowest BCUT2D eigenvalue weighted by atomic mass is 9.97. The molecule has 8 heteroatoms. The van der Waals surface area contributed by atoms with Crippen LogP contribution >= 0.6 is 23.1 Å². The van der Waals surface area contributed by atoms with E-state index in [9.17, 15) is 9.59 Å². The fourth-order valence-corrected chi connectivity index (χ4v) is 7.05. The van der Waals surface area contributed by atoms with Crippen molar-refractivity contribution in [3.05, 3.63) is 111 Å². The maximum absolute atomic E-state index is 13.8. The zero-order valence-electron chi connectivity index (χ0n) is 22.1. The quantitative estimate of drug-likeness (QED) is 0.105. The molecular weight excluding hydrogens is 537 g/mol. The zero-order valence-corrected chi connectivity index (χ0v) is 23.7. The Hall–Kier alpha value is -4.01. The van der Waals surface area contributed by atoms with E-state index in [-0.39, 0.29) is 17.2 Å². The Morgan fingerprint density at radius 1 is 1.00 bits per heavy atom. The van der Waals surface area contributed by atoms with Gasteiger partial charge in [0.25, 0.3) is 11.5 Å². The normalized spacial score (nSPS) is 13.0. The number of rotatable bonds is 7. The summed E-state index contributed by atoms with van der Waals surface area (Å²) in [6.45, 7) is 2.02. The first-order valence-corrected chi connectivity index (χ1v) is 15.1. The molecule has 1 aliphatic rings. The van der Waals surface area contributed by atoms with Gasteiger partial charge in [0.2, 0.25) is 0 Å². The number of benzene rings is 3. The monoisotopic (exact) mass is 564 g/mol. The summed E-state index contributed by atoms with van der Waals surface area (Å²) in [5.41, 5.74) is 8.71. The van der Waals surface area contributed by atoms with E-state index in [0.29, 0.717) is 5.16 Å². The highest BCUT2D eigenvalue weighted by atomic mass is 32.2. The first-order chi connectivity index (χ1) is 19.6. The van der Waals surface area contributed by atoms with Crippen LogP contribution in [0.4, 0.5) is 0 Å². The minimum atomic E-state index is -0.266. The third-order valence-corrected chi connectivity index (χ3v) is 9.13. The van der Waals surface area contributed by atoms with E-state index < -0.39 is 0 Å². The Morgan fingerprint density at radius 2 is 1.73 bits per heavy atom. The van der Waals surface area contributed by atoms with Crippen molar-refractivity contribution in [2.75, 3.05) is 5.75 Å². The van der Waals surface area contributed by atoms with Gasteiger partial charge in [0.15, 0.2) is 5.16 Å². The molecule has 3 aromatic carbocycles. The topological polar surface area (TPSA) is 76.3 Å². The van der Waals surface area contributed by atoms with Crippen LogP contribution in [0, 0.1) is 6.92 Å². The summed E-state index contributed by atoms with van der Waals surface area (Å²) in [6.07, 6.45) is 5.78. The Morgan fingerprint density at radius 3 is 2.50 bits per heavy atom. The minimum absolute atomic E-state index is 0.0619. The summed E-state index contributed by atoms with van der Waals surface area (Å²) in [5.74, 6) is -0.184. The van der Waals surface area contributed by atoms with Crippen LogP contribution in [0.15, 0.2) is 93.9 Å². The molecule has 6 nitrogen and oxygen atoms in total. The number of aromatic nitrogens is 2. The molecule has 2 aromatic heterocycles. The number of thioether (sulfide) groups is 1. The molecule has 1 aliphatic carbocycles. The van der Waals surface area contributed by atoms with E-state index in [1.165, 1.54) is 16.6 Å². The molecule has 6 rings (SSSR count). The lowest BCUT2D eigenvalue weighted by Crippen LogP contribution is -2.24. The summed E-state index contributed by atoms with van der Waals surface area (Å²) < 4.78 is 1.65. The van der Waals surface area contributed by atoms with Crippen LogP contribution in [-0.4, -0.2) is 27.4 Å². The molecule has 0 saturated carbocycles. The minimum Gasteiger partial charge on any atom is -0.272 e. The lowest BCUT2D eigenvalue weighted by molar-refractivity contribution is -0.118. The number of carbonyl (C=O) groups excluding carboxylic acids is 1. The molecule has 0 unspecified atom stereocenters. The second-order valence-electron chi connectivity index (χ2n) is 9.83. The predicted molar refractivity (Wildman–Crippen MR) is 165 cm³/mol. The van der Waals surface area contributed by atoms with E-state index in [0.717, 1.165) is 69.4 Å². The zero-order chi connectivity index (χ0) is 27.5. The number of hydrazone groups is 1. The van der Waals surface area contributed by atoms with Gasteiger partial charge in [0, 0.05) is 4.88 Å². The van der Waals surface area contributed by atoms with Gasteiger partial charge in [-0.2, -0.15) is 5.10 Å². The largest absolute Gasteiger partial charge is 0.272 e. The van der Waals surface area contributed by atoms with E-state index in [1.807, 2.05) is 73.7 Å². The number of carbonyl (C=O) groups is 1. The molecule has 0 atom stereocenters. The Labute approximate surface area is 240 Å². The molecule has 40 heavy (non-hydrogen) atoms. The van der Waals surface area contributed by atoms with E-state index in [2.05, 4.69) is 22.7 Å². The van der Waals surface area contributed by atoms with Crippen molar-refractivity contribution in [1.82, 2.24) is 15.0 Å². The highest BCUT2D eigenvalue weighted by Crippen LogP contribution is 2.35. The Bertz CT molecular complexity index is 1760. The molecule has 2 heterocycles. The van der Waals surface area contributed by atoms with Crippen molar-refractivity contribution in [2.24, 2.45) is 5.10 Å². The second-order valence-corrected chi connectivity index (χ2v) is 11.9. The number of amides is 1. The molecule has 0 bridgehead atoms. The second kappa shape index (κ2) is 11.6. The van der Waals surface area contributed by atoms with Crippen LogP contribution in [0.25, 0.3) is 27.0 Å². The number of nitrogens with zero attached hydrogens (tertiary/aromatic N) is 3. The number of nitrogens with one attached hydrogen (secondary N) is 1. The summed E-state index contributed by atoms with van der Waals surface area (Å²) in [7, 11) is 0. The number of fused-ring (bicyclic) bond motifs is 3. The third-order valence-electron chi connectivity index (χ3n) is 7.00. The van der Waals surface area contributed by atoms with Crippen molar-refractivity contribution in [3.8, 4) is 16.8 Å². The Kier molecular flexibility index (Phi) is 7.62. The van der Waals surface area contributed by atoms with Gasteiger partial charge < -0.3 is 0 Å². The van der Waals surface area contributed by atoms with Crippen LogP contribution in [0.5, 0.6) is 0 Å². The molecule has 0 radical (unpaired) electrons. The van der Waals surface area contributed by atoms with Gasteiger partial charge in [-0.25, -0.2) is 10.4 Å². The van der Waals surface area contributed by atoms with Crippen molar-refractivity contribution in [1.29, 1.82) is 0 Å². The first kappa shape index (κ1) is 26.2. The molecule has 0 saturated heterocycles. The smallest absolute Gasteiger partial charge is 0.267 e. The fraction of sp³-hybridized carbons (Fsp3) is 0.188. The summed E-state index contributed by atoms with van der Waals surface area (Å²) in [4.78, 5) is 33.5. The highest BCUT2D eigenvalue weighted by molar-refractivity contribution is 7.99. The molecule has 0 spiro atoms. The average molecular weight is 565 g/mol. The van der Waals surface area contributed by atoms with Gasteiger partial charge >= 0.3 is 0 Å². The summed E-state index contributed by atoms with van der Waals surface area (Å²) in [6, 6.07) is 26.0. The van der Waals surface area contributed by atoms with E-state index in [4.69, 9.17) is 4.98 Å². The summed E-state index contributed by atoms with van der Waals surface area (Å²) in [5, 5.41) is 5.38. The summed E-state index contributed by atoms with van der Waals surface area (Å²) >= 11 is 2.87. The van der Waals surface area contributed by atoms with Crippen LogP contribution in [0.1, 0.15) is 34.4 Å². The maximum Gasteiger partial charge on any atom is 0.267 e. The van der Waals surface area contributed by atoms with Crippen LogP contribution in [0.2, 0.25) is 0 Å². The SMILES string of the molecule is Cc1ccc(-n2c(SCC(=O)N/N=C\c3ccc(-c4ccccc4)cc3)nc3sc4c(c3c2=O)CCCC4)cc1. The molecular formula is C32H28N4O2S2. The van der Waals surface area contributed by atoms with Gasteiger partial charge in [-0.05, 0) is 67.0 Å². The number of aryl methyl sites for hydroxylation is 3. The molecule has 200 valence electrons. The Balaban J connectivity index is 1.19. The maximum atomic E-state index is 13.8. The van der Waals surface area contributed by atoms with Crippen molar-refractivity contribution < 1.29 is 4.79 Å². The van der Waals surface area contributed by atoms with Crippen LogP contribution < -0.4 is 11.0 Å². The van der Waals surface area contributed by atoms with Crippen molar-refractivity contribution in [2.45, 2.75) is 37.8 Å². The molecule has 1 amide bonds. The van der Waals surface area contributed by atoms with Gasteiger partial charge in [-0.3, -0.25) is 14.2 Å². The van der Waals surface area contributed by atoms with Crippen LogP contribution in [0.3, 0.4) is 0 Å². The molecule has 0 fully saturated rings.